The third-order valence-electron chi connectivity index (χ3n) is 3.16. The van der Waals surface area contributed by atoms with Gasteiger partial charge >= 0.3 is 6.36 Å². The fraction of sp³-hybridized carbons (Fsp3) is 0.500. The summed E-state index contributed by atoms with van der Waals surface area (Å²) >= 11 is 0. The summed E-state index contributed by atoms with van der Waals surface area (Å²) in [6.07, 6.45) is -1.25. The first-order chi connectivity index (χ1) is 7.96. The van der Waals surface area contributed by atoms with E-state index in [1.165, 1.54) is 18.6 Å². The molecule has 2 rings (SSSR count). The van der Waals surface area contributed by atoms with Gasteiger partial charge in [-0.15, -0.1) is 13.2 Å². The molecule has 1 aliphatic carbocycles. The van der Waals surface area contributed by atoms with Gasteiger partial charge in [-0.1, -0.05) is 18.6 Å². The molecule has 5 heteroatoms. The van der Waals surface area contributed by atoms with Crippen LogP contribution in [0.15, 0.2) is 24.3 Å². The van der Waals surface area contributed by atoms with E-state index in [1.54, 1.807) is 12.1 Å². The summed E-state index contributed by atoms with van der Waals surface area (Å²) < 4.78 is 39.6. The highest BCUT2D eigenvalue weighted by atomic mass is 19.4. The van der Waals surface area contributed by atoms with E-state index in [9.17, 15) is 13.2 Å². The minimum absolute atomic E-state index is 0.0799. The average Bonchev–Trinajstić information content (AvgIpc) is 2.13. The van der Waals surface area contributed by atoms with Crippen LogP contribution in [0.5, 0.6) is 5.75 Å². The summed E-state index contributed by atoms with van der Waals surface area (Å²) in [6.45, 7) is 0. The Morgan fingerprint density at radius 3 is 2.18 bits per heavy atom. The predicted molar refractivity (Wildman–Crippen MR) is 57.4 cm³/mol. The molecule has 0 amide bonds. The Morgan fingerprint density at radius 1 is 1.18 bits per heavy atom. The van der Waals surface area contributed by atoms with Gasteiger partial charge in [-0.25, -0.2) is 0 Å². The summed E-state index contributed by atoms with van der Waals surface area (Å²) in [7, 11) is 0. The average molecular weight is 245 g/mol. The smallest absolute Gasteiger partial charge is 0.406 e. The maximum absolute atomic E-state index is 11.9. The lowest BCUT2D eigenvalue weighted by Gasteiger charge is -2.31. The number of rotatable bonds is 3. The normalized spacial score (nSPS) is 18.6. The molecular formula is C12H14F3NO. The topological polar surface area (TPSA) is 35.2 Å². The molecular weight excluding hydrogens is 231 g/mol. The zero-order valence-electron chi connectivity index (χ0n) is 9.20. The van der Waals surface area contributed by atoms with E-state index < -0.39 is 6.36 Å². The van der Waals surface area contributed by atoms with Gasteiger partial charge in [0, 0.05) is 6.04 Å². The molecule has 0 radical (unpaired) electrons. The van der Waals surface area contributed by atoms with Crippen LogP contribution in [0.2, 0.25) is 0 Å². The zero-order valence-corrected chi connectivity index (χ0v) is 9.20. The molecule has 0 bridgehead atoms. The van der Waals surface area contributed by atoms with Crippen LogP contribution in [0.1, 0.15) is 30.9 Å². The number of hydrogen-bond acceptors (Lipinski definition) is 2. The van der Waals surface area contributed by atoms with Gasteiger partial charge in [0.2, 0.25) is 0 Å². The monoisotopic (exact) mass is 245 g/mol. The van der Waals surface area contributed by atoms with Crippen molar-refractivity contribution in [2.75, 3.05) is 0 Å². The summed E-state index contributed by atoms with van der Waals surface area (Å²) in [6, 6.07) is 5.74. The highest BCUT2D eigenvalue weighted by Crippen LogP contribution is 2.36. The van der Waals surface area contributed by atoms with Crippen molar-refractivity contribution >= 4 is 0 Å². The van der Waals surface area contributed by atoms with Gasteiger partial charge in [-0.3, -0.25) is 0 Å². The molecule has 0 saturated heterocycles. The molecule has 2 N–H and O–H groups in total. The second-order valence-corrected chi connectivity index (χ2v) is 4.33. The van der Waals surface area contributed by atoms with E-state index in [0.717, 1.165) is 18.4 Å². The summed E-state index contributed by atoms with van der Waals surface area (Å²) in [5, 5.41) is 0. The summed E-state index contributed by atoms with van der Waals surface area (Å²) in [4.78, 5) is 0. The van der Waals surface area contributed by atoms with E-state index in [2.05, 4.69) is 4.74 Å². The lowest BCUT2D eigenvalue weighted by atomic mass is 9.78. The van der Waals surface area contributed by atoms with Crippen LogP contribution in [-0.2, 0) is 0 Å². The first-order valence-electron chi connectivity index (χ1n) is 5.57. The molecule has 1 saturated carbocycles. The Hall–Kier alpha value is -1.23. The number of benzene rings is 1. The fourth-order valence-electron chi connectivity index (χ4n) is 1.96. The second kappa shape index (κ2) is 4.56. The molecule has 0 unspecified atom stereocenters. The van der Waals surface area contributed by atoms with Crippen molar-refractivity contribution in [3.05, 3.63) is 29.8 Å². The Balaban J connectivity index is 2.02. The molecule has 0 aromatic heterocycles. The van der Waals surface area contributed by atoms with E-state index in [1.807, 2.05) is 0 Å². The van der Waals surface area contributed by atoms with Gasteiger partial charge in [0.25, 0.3) is 0 Å². The van der Waals surface area contributed by atoms with Crippen molar-refractivity contribution in [3.63, 3.8) is 0 Å². The third kappa shape index (κ3) is 3.12. The molecule has 0 heterocycles. The molecule has 1 atom stereocenters. The van der Waals surface area contributed by atoms with Crippen LogP contribution in [0.3, 0.4) is 0 Å². The van der Waals surface area contributed by atoms with Crippen LogP contribution in [0.4, 0.5) is 13.2 Å². The number of nitrogens with two attached hydrogens (primary N) is 1. The maximum Gasteiger partial charge on any atom is 0.573 e. The molecule has 1 aliphatic rings. The lowest BCUT2D eigenvalue weighted by Crippen LogP contribution is -2.26. The Bertz CT molecular complexity index is 370. The highest BCUT2D eigenvalue weighted by Gasteiger charge is 2.31. The van der Waals surface area contributed by atoms with Crippen molar-refractivity contribution < 1.29 is 17.9 Å². The number of ether oxygens (including phenoxy) is 1. The molecule has 1 aromatic rings. The molecule has 0 aliphatic heterocycles. The fourth-order valence-corrected chi connectivity index (χ4v) is 1.96. The van der Waals surface area contributed by atoms with Crippen molar-refractivity contribution in [2.45, 2.75) is 31.7 Å². The first-order valence-corrected chi connectivity index (χ1v) is 5.57. The minimum atomic E-state index is -4.64. The van der Waals surface area contributed by atoms with Crippen LogP contribution in [0, 0.1) is 5.92 Å². The first kappa shape index (κ1) is 12.2. The standard InChI is InChI=1S/C12H14F3NO/c13-12(14,15)17-10-6-4-9(5-7-10)11(16)8-2-1-3-8/h4-8,11H,1-3,16H2/t11-/m0/s1. The van der Waals surface area contributed by atoms with E-state index in [0.29, 0.717) is 5.92 Å². The Kier molecular flexibility index (Phi) is 3.28. The molecule has 1 fully saturated rings. The number of hydrogen-bond donors (Lipinski definition) is 1. The quantitative estimate of drug-likeness (QED) is 0.885. The SMILES string of the molecule is N[C@H](c1ccc(OC(F)(F)F)cc1)C1CCC1. The van der Waals surface area contributed by atoms with Crippen LogP contribution >= 0.6 is 0 Å². The number of halogens is 3. The highest BCUT2D eigenvalue weighted by molar-refractivity contribution is 5.29. The van der Waals surface area contributed by atoms with Gasteiger partial charge in [0.1, 0.15) is 5.75 Å². The van der Waals surface area contributed by atoms with Gasteiger partial charge < -0.3 is 10.5 Å². The molecule has 1 aromatic carbocycles. The van der Waals surface area contributed by atoms with Gasteiger partial charge in [-0.2, -0.15) is 0 Å². The summed E-state index contributed by atoms with van der Waals surface area (Å²) in [5.74, 6) is 0.256. The second-order valence-electron chi connectivity index (χ2n) is 4.33. The molecule has 2 nitrogen and oxygen atoms in total. The van der Waals surface area contributed by atoms with Crippen molar-refractivity contribution in [1.82, 2.24) is 0 Å². The van der Waals surface area contributed by atoms with E-state index in [4.69, 9.17) is 5.73 Å². The van der Waals surface area contributed by atoms with E-state index >= 15 is 0 Å². The van der Waals surface area contributed by atoms with Crippen molar-refractivity contribution in [3.8, 4) is 5.75 Å². The van der Waals surface area contributed by atoms with Crippen LogP contribution in [0.25, 0.3) is 0 Å². The van der Waals surface area contributed by atoms with E-state index in [-0.39, 0.29) is 11.8 Å². The van der Waals surface area contributed by atoms with Crippen molar-refractivity contribution in [2.24, 2.45) is 11.7 Å². The molecule has 0 spiro atoms. The predicted octanol–water partition coefficient (Wildman–Crippen LogP) is 3.39. The van der Waals surface area contributed by atoms with Gasteiger partial charge in [0.15, 0.2) is 0 Å². The Morgan fingerprint density at radius 2 is 1.76 bits per heavy atom. The molecule has 94 valence electrons. The lowest BCUT2D eigenvalue weighted by molar-refractivity contribution is -0.274. The van der Waals surface area contributed by atoms with Gasteiger partial charge in [-0.05, 0) is 36.5 Å². The van der Waals surface area contributed by atoms with Crippen molar-refractivity contribution in [1.29, 1.82) is 0 Å². The van der Waals surface area contributed by atoms with Crippen LogP contribution in [-0.4, -0.2) is 6.36 Å². The minimum Gasteiger partial charge on any atom is -0.406 e. The van der Waals surface area contributed by atoms with Gasteiger partial charge in [0.05, 0.1) is 0 Å². The maximum atomic E-state index is 11.9. The number of alkyl halides is 3. The molecule has 17 heavy (non-hydrogen) atoms. The van der Waals surface area contributed by atoms with Crippen LogP contribution < -0.4 is 10.5 Å². The Labute approximate surface area is 97.6 Å². The third-order valence-corrected chi connectivity index (χ3v) is 3.16. The summed E-state index contributed by atoms with van der Waals surface area (Å²) in [5.41, 5.74) is 6.88. The largest absolute Gasteiger partial charge is 0.573 e. The zero-order chi connectivity index (χ0) is 12.5.